The quantitative estimate of drug-likeness (QED) is 0.872. The van der Waals surface area contributed by atoms with Crippen LogP contribution in [0.15, 0.2) is 40.6 Å². The Kier molecular flexibility index (Phi) is 4.90. The highest BCUT2D eigenvalue weighted by Crippen LogP contribution is 2.30. The molecule has 2 rings (SSSR count). The third-order valence-electron chi connectivity index (χ3n) is 2.62. The number of halogens is 2. The summed E-state index contributed by atoms with van der Waals surface area (Å²) in [6.45, 7) is 6.40. The van der Waals surface area contributed by atoms with Gasteiger partial charge in [-0.05, 0) is 56.3 Å². The molecular formula is C15H17F2N3S. The van der Waals surface area contributed by atoms with Gasteiger partial charge in [0.1, 0.15) is 11.6 Å². The molecule has 0 aliphatic carbocycles. The van der Waals surface area contributed by atoms with Crippen molar-refractivity contribution in [1.82, 2.24) is 15.3 Å². The fourth-order valence-corrected chi connectivity index (χ4v) is 2.33. The Morgan fingerprint density at radius 1 is 1.10 bits per heavy atom. The largest absolute Gasteiger partial charge is 0.308 e. The molecule has 0 aliphatic rings. The number of hydrogen-bond acceptors (Lipinski definition) is 4. The Hall–Kier alpha value is -1.53. The molecule has 112 valence electrons. The number of aromatic nitrogens is 2. The zero-order valence-corrected chi connectivity index (χ0v) is 13.0. The Morgan fingerprint density at radius 2 is 1.67 bits per heavy atom. The van der Waals surface area contributed by atoms with Crippen LogP contribution in [-0.4, -0.2) is 15.5 Å². The monoisotopic (exact) mass is 309 g/mol. The standard InChI is InChI=1S/C15H17F2N3S/c1-15(2,3)20-9-10-7-11(16)13(12(17)8-10)21-14-18-5-4-6-19-14/h4-8,20H,9H2,1-3H3. The highest BCUT2D eigenvalue weighted by molar-refractivity contribution is 7.99. The summed E-state index contributed by atoms with van der Waals surface area (Å²) < 4.78 is 28.1. The van der Waals surface area contributed by atoms with Gasteiger partial charge in [0.25, 0.3) is 0 Å². The van der Waals surface area contributed by atoms with Gasteiger partial charge in [-0.3, -0.25) is 0 Å². The molecule has 0 atom stereocenters. The van der Waals surface area contributed by atoms with Gasteiger partial charge in [-0.15, -0.1) is 0 Å². The minimum atomic E-state index is -0.599. The number of nitrogens with one attached hydrogen (secondary N) is 1. The van der Waals surface area contributed by atoms with Gasteiger partial charge in [0.15, 0.2) is 5.16 Å². The molecular weight excluding hydrogens is 292 g/mol. The second-order valence-corrected chi connectivity index (χ2v) is 6.60. The molecule has 21 heavy (non-hydrogen) atoms. The summed E-state index contributed by atoms with van der Waals surface area (Å²) >= 11 is 0.881. The molecule has 0 unspecified atom stereocenters. The second kappa shape index (κ2) is 6.49. The number of rotatable bonds is 4. The maximum absolute atomic E-state index is 14.1. The van der Waals surface area contributed by atoms with Crippen molar-refractivity contribution >= 4 is 11.8 Å². The molecule has 0 saturated heterocycles. The van der Waals surface area contributed by atoms with Crippen LogP contribution in [0.3, 0.4) is 0 Å². The number of benzene rings is 1. The smallest absolute Gasteiger partial charge is 0.192 e. The van der Waals surface area contributed by atoms with Crippen LogP contribution in [-0.2, 0) is 6.54 Å². The Bertz CT molecular complexity index is 589. The van der Waals surface area contributed by atoms with E-state index < -0.39 is 11.6 Å². The Morgan fingerprint density at radius 3 is 2.19 bits per heavy atom. The Balaban J connectivity index is 2.17. The van der Waals surface area contributed by atoms with Crippen molar-refractivity contribution in [3.05, 3.63) is 47.8 Å². The summed E-state index contributed by atoms with van der Waals surface area (Å²) in [6.07, 6.45) is 3.07. The van der Waals surface area contributed by atoms with Crippen LogP contribution in [0.25, 0.3) is 0 Å². The lowest BCUT2D eigenvalue weighted by molar-refractivity contribution is 0.422. The molecule has 0 radical (unpaired) electrons. The lowest BCUT2D eigenvalue weighted by Gasteiger charge is -2.20. The van der Waals surface area contributed by atoms with E-state index in [9.17, 15) is 8.78 Å². The van der Waals surface area contributed by atoms with Crippen LogP contribution in [0.1, 0.15) is 26.3 Å². The van der Waals surface area contributed by atoms with E-state index in [0.717, 1.165) is 11.8 Å². The highest BCUT2D eigenvalue weighted by atomic mass is 32.2. The minimum Gasteiger partial charge on any atom is -0.308 e. The van der Waals surface area contributed by atoms with E-state index in [1.54, 1.807) is 6.07 Å². The fourth-order valence-electron chi connectivity index (χ4n) is 1.61. The van der Waals surface area contributed by atoms with E-state index in [1.165, 1.54) is 24.5 Å². The van der Waals surface area contributed by atoms with E-state index in [1.807, 2.05) is 20.8 Å². The van der Waals surface area contributed by atoms with Gasteiger partial charge in [0.05, 0.1) is 4.90 Å². The molecule has 0 fully saturated rings. The van der Waals surface area contributed by atoms with Crippen molar-refractivity contribution < 1.29 is 8.78 Å². The van der Waals surface area contributed by atoms with Crippen molar-refractivity contribution in [2.24, 2.45) is 0 Å². The van der Waals surface area contributed by atoms with Crippen LogP contribution < -0.4 is 5.32 Å². The molecule has 6 heteroatoms. The molecule has 0 spiro atoms. The lowest BCUT2D eigenvalue weighted by atomic mass is 10.1. The third-order valence-corrected chi connectivity index (χ3v) is 3.60. The van der Waals surface area contributed by atoms with Crippen molar-refractivity contribution in [2.75, 3.05) is 0 Å². The highest BCUT2D eigenvalue weighted by Gasteiger charge is 2.15. The summed E-state index contributed by atoms with van der Waals surface area (Å²) in [5.74, 6) is -1.20. The maximum atomic E-state index is 14.1. The van der Waals surface area contributed by atoms with Crippen molar-refractivity contribution in [3.63, 3.8) is 0 Å². The Labute approximate surface area is 127 Å². The first-order valence-electron chi connectivity index (χ1n) is 6.53. The first-order valence-corrected chi connectivity index (χ1v) is 7.34. The first-order chi connectivity index (χ1) is 9.85. The van der Waals surface area contributed by atoms with Crippen molar-refractivity contribution in [3.8, 4) is 0 Å². The van der Waals surface area contributed by atoms with E-state index in [0.29, 0.717) is 17.3 Å². The average molecular weight is 309 g/mol. The molecule has 1 aromatic carbocycles. The molecule has 3 nitrogen and oxygen atoms in total. The average Bonchev–Trinajstić information content (AvgIpc) is 2.41. The van der Waals surface area contributed by atoms with Crippen LogP contribution in [0.4, 0.5) is 8.78 Å². The minimum absolute atomic E-state index is 0.0827. The summed E-state index contributed by atoms with van der Waals surface area (Å²) in [4.78, 5) is 7.82. The number of nitrogens with zero attached hydrogens (tertiary/aromatic N) is 2. The van der Waals surface area contributed by atoms with Gasteiger partial charge >= 0.3 is 0 Å². The zero-order chi connectivity index (χ0) is 15.5. The summed E-state index contributed by atoms with van der Waals surface area (Å²) in [7, 11) is 0. The van der Waals surface area contributed by atoms with E-state index >= 15 is 0 Å². The SMILES string of the molecule is CC(C)(C)NCc1cc(F)c(Sc2ncccn2)c(F)c1. The van der Waals surface area contributed by atoms with Gasteiger partial charge in [-0.25, -0.2) is 18.7 Å². The van der Waals surface area contributed by atoms with Gasteiger partial charge in [0.2, 0.25) is 0 Å². The molecule has 0 aliphatic heterocycles. The van der Waals surface area contributed by atoms with E-state index in [4.69, 9.17) is 0 Å². The molecule has 1 heterocycles. The van der Waals surface area contributed by atoms with Crippen LogP contribution >= 0.6 is 11.8 Å². The summed E-state index contributed by atoms with van der Waals surface area (Å²) in [5, 5.41) is 3.51. The van der Waals surface area contributed by atoms with Crippen LogP contribution in [0, 0.1) is 11.6 Å². The second-order valence-electron chi connectivity index (χ2n) is 5.63. The van der Waals surface area contributed by atoms with Gasteiger partial charge < -0.3 is 5.32 Å². The van der Waals surface area contributed by atoms with Gasteiger partial charge in [0, 0.05) is 24.5 Å². The normalized spacial score (nSPS) is 11.7. The molecule has 0 saturated carbocycles. The van der Waals surface area contributed by atoms with Gasteiger partial charge in [-0.2, -0.15) is 0 Å². The maximum Gasteiger partial charge on any atom is 0.192 e. The predicted octanol–water partition coefficient (Wildman–Crippen LogP) is 3.79. The van der Waals surface area contributed by atoms with Gasteiger partial charge in [-0.1, -0.05) is 0 Å². The molecule has 1 aromatic heterocycles. The van der Waals surface area contributed by atoms with Crippen LogP contribution in [0.2, 0.25) is 0 Å². The molecule has 2 aromatic rings. The fraction of sp³-hybridized carbons (Fsp3) is 0.333. The molecule has 1 N–H and O–H groups in total. The van der Waals surface area contributed by atoms with Crippen LogP contribution in [0.5, 0.6) is 0 Å². The first kappa shape index (κ1) is 15.9. The zero-order valence-electron chi connectivity index (χ0n) is 12.2. The summed E-state index contributed by atoms with van der Waals surface area (Å²) in [6, 6.07) is 4.33. The summed E-state index contributed by atoms with van der Waals surface area (Å²) in [5.41, 5.74) is 0.455. The topological polar surface area (TPSA) is 37.8 Å². The van der Waals surface area contributed by atoms with Crippen molar-refractivity contribution in [2.45, 2.75) is 42.9 Å². The molecule has 0 amide bonds. The van der Waals surface area contributed by atoms with E-state index in [-0.39, 0.29) is 10.4 Å². The number of hydrogen-bond donors (Lipinski definition) is 1. The lowest BCUT2D eigenvalue weighted by Crippen LogP contribution is -2.35. The third kappa shape index (κ3) is 4.75. The van der Waals surface area contributed by atoms with Crippen molar-refractivity contribution in [1.29, 1.82) is 0 Å². The predicted molar refractivity (Wildman–Crippen MR) is 79.1 cm³/mol. The molecule has 0 bridgehead atoms. The van der Waals surface area contributed by atoms with E-state index in [2.05, 4.69) is 15.3 Å².